The van der Waals surface area contributed by atoms with Gasteiger partial charge in [0.1, 0.15) is 0 Å². The molecule has 8 heteroatoms. The average molecular weight is 356 g/mol. The summed E-state index contributed by atoms with van der Waals surface area (Å²) < 4.78 is 4.67. The Morgan fingerprint density at radius 2 is 1.88 bits per heavy atom. The number of anilines is 4. The number of methoxy groups -OCH3 is 1. The van der Waals surface area contributed by atoms with E-state index < -0.39 is 0 Å². The molecule has 0 amide bonds. The minimum atomic E-state index is -0.386. The zero-order valence-corrected chi connectivity index (χ0v) is 14.0. The molecular formula is C17H14ClN5O2. The van der Waals surface area contributed by atoms with Crippen molar-refractivity contribution in [3.63, 3.8) is 0 Å². The van der Waals surface area contributed by atoms with Gasteiger partial charge in [0.15, 0.2) is 5.82 Å². The molecule has 0 fully saturated rings. The highest BCUT2D eigenvalue weighted by molar-refractivity contribution is 6.30. The first-order valence-corrected chi connectivity index (χ1v) is 7.69. The fourth-order valence-corrected chi connectivity index (χ4v) is 2.26. The predicted octanol–water partition coefficient (Wildman–Crippen LogP) is 3.80. The molecule has 0 atom stereocenters. The Morgan fingerprint density at radius 3 is 2.60 bits per heavy atom. The number of halogens is 1. The van der Waals surface area contributed by atoms with E-state index in [1.165, 1.54) is 13.3 Å². The van der Waals surface area contributed by atoms with Crippen LogP contribution in [0.4, 0.5) is 23.1 Å². The second-order valence-electron chi connectivity index (χ2n) is 4.99. The van der Waals surface area contributed by atoms with Crippen molar-refractivity contribution >= 4 is 40.7 Å². The molecule has 0 unspecified atom stereocenters. The van der Waals surface area contributed by atoms with Gasteiger partial charge in [0.2, 0.25) is 5.95 Å². The second-order valence-corrected chi connectivity index (χ2v) is 5.43. The summed E-state index contributed by atoms with van der Waals surface area (Å²) in [5.74, 6) is 0.451. The zero-order chi connectivity index (χ0) is 17.6. The molecule has 0 saturated heterocycles. The monoisotopic (exact) mass is 355 g/mol. The van der Waals surface area contributed by atoms with Crippen LogP contribution in [0, 0.1) is 0 Å². The molecule has 0 aliphatic heterocycles. The van der Waals surface area contributed by atoms with Crippen molar-refractivity contribution in [2.45, 2.75) is 0 Å². The summed E-state index contributed by atoms with van der Waals surface area (Å²) >= 11 is 5.95. The largest absolute Gasteiger partial charge is 0.465 e. The molecule has 0 aliphatic carbocycles. The van der Waals surface area contributed by atoms with Crippen molar-refractivity contribution in [3.8, 4) is 0 Å². The maximum absolute atomic E-state index is 11.4. The van der Waals surface area contributed by atoms with Crippen molar-refractivity contribution in [2.75, 3.05) is 17.7 Å². The van der Waals surface area contributed by atoms with Crippen LogP contribution in [-0.4, -0.2) is 28.3 Å². The Labute approximate surface area is 149 Å². The van der Waals surface area contributed by atoms with Crippen molar-refractivity contribution in [3.05, 3.63) is 65.3 Å². The summed E-state index contributed by atoms with van der Waals surface area (Å²) in [5, 5.41) is 14.6. The van der Waals surface area contributed by atoms with Gasteiger partial charge in [-0.05, 0) is 42.5 Å². The number of rotatable bonds is 5. The normalized spacial score (nSPS) is 10.2. The molecule has 2 aromatic carbocycles. The molecule has 0 radical (unpaired) electrons. The van der Waals surface area contributed by atoms with Crippen molar-refractivity contribution in [1.82, 2.24) is 15.2 Å². The summed E-state index contributed by atoms with van der Waals surface area (Å²) in [6.07, 6.45) is 1.50. The van der Waals surface area contributed by atoms with Crippen LogP contribution in [0.2, 0.25) is 5.02 Å². The van der Waals surface area contributed by atoms with E-state index in [2.05, 4.69) is 30.6 Å². The van der Waals surface area contributed by atoms with E-state index in [1.54, 1.807) is 36.4 Å². The van der Waals surface area contributed by atoms with Crippen molar-refractivity contribution < 1.29 is 9.53 Å². The highest BCUT2D eigenvalue weighted by Gasteiger charge is 2.06. The third-order valence-electron chi connectivity index (χ3n) is 3.22. The highest BCUT2D eigenvalue weighted by atomic mass is 35.5. The molecule has 2 N–H and O–H groups in total. The first-order chi connectivity index (χ1) is 12.1. The molecule has 1 heterocycles. The van der Waals surface area contributed by atoms with Gasteiger partial charge in [-0.25, -0.2) is 4.79 Å². The third kappa shape index (κ3) is 4.42. The SMILES string of the molecule is COC(=O)c1ccc(Nc2cnnc(Nc3cccc(Cl)c3)n2)cc1. The summed E-state index contributed by atoms with van der Waals surface area (Å²) in [6, 6.07) is 14.0. The van der Waals surface area contributed by atoms with Crippen LogP contribution in [0.5, 0.6) is 0 Å². The van der Waals surface area contributed by atoms with E-state index in [0.29, 0.717) is 22.4 Å². The lowest BCUT2D eigenvalue weighted by molar-refractivity contribution is 0.0601. The van der Waals surface area contributed by atoms with Gasteiger partial charge in [-0.1, -0.05) is 17.7 Å². The number of nitrogens with one attached hydrogen (secondary N) is 2. The molecule has 126 valence electrons. The Hall–Kier alpha value is -3.19. The second kappa shape index (κ2) is 7.59. The van der Waals surface area contributed by atoms with Gasteiger partial charge in [-0.15, -0.1) is 5.10 Å². The summed E-state index contributed by atoms with van der Waals surface area (Å²) in [4.78, 5) is 15.8. The number of benzene rings is 2. The maximum Gasteiger partial charge on any atom is 0.337 e. The number of hydrogen-bond acceptors (Lipinski definition) is 7. The number of esters is 1. The van der Waals surface area contributed by atoms with Crippen LogP contribution in [0.15, 0.2) is 54.7 Å². The third-order valence-corrected chi connectivity index (χ3v) is 3.45. The fraction of sp³-hybridized carbons (Fsp3) is 0.0588. The first kappa shape index (κ1) is 16.7. The minimum Gasteiger partial charge on any atom is -0.465 e. The van der Waals surface area contributed by atoms with Crippen LogP contribution in [0.3, 0.4) is 0 Å². The van der Waals surface area contributed by atoms with Crippen LogP contribution in [0.25, 0.3) is 0 Å². The van der Waals surface area contributed by atoms with Gasteiger partial charge in [0, 0.05) is 16.4 Å². The van der Waals surface area contributed by atoms with E-state index in [4.69, 9.17) is 11.6 Å². The Balaban J connectivity index is 1.72. The number of carbonyl (C=O) groups excluding carboxylic acids is 1. The smallest absolute Gasteiger partial charge is 0.337 e. The molecular weight excluding hydrogens is 342 g/mol. The summed E-state index contributed by atoms with van der Waals surface area (Å²) in [7, 11) is 1.34. The topological polar surface area (TPSA) is 89.0 Å². The minimum absolute atomic E-state index is 0.332. The summed E-state index contributed by atoms with van der Waals surface area (Å²) in [5.41, 5.74) is 1.98. The average Bonchev–Trinajstić information content (AvgIpc) is 2.62. The molecule has 3 rings (SSSR count). The number of carbonyl (C=O) groups is 1. The Bertz CT molecular complexity index is 886. The van der Waals surface area contributed by atoms with Gasteiger partial charge in [-0.2, -0.15) is 10.1 Å². The Kier molecular flexibility index (Phi) is 5.06. The number of ether oxygens (including phenoxy) is 1. The lowest BCUT2D eigenvalue weighted by atomic mass is 10.2. The lowest BCUT2D eigenvalue weighted by Gasteiger charge is -2.08. The standard InChI is InChI=1S/C17H14ClN5O2/c1-25-16(24)11-5-7-13(8-6-11)20-15-10-19-23-17(22-15)21-14-4-2-3-12(18)9-14/h2-10H,1H3,(H2,20,21,22,23). The van der Waals surface area contributed by atoms with Crippen LogP contribution >= 0.6 is 11.6 Å². The molecule has 1 aromatic heterocycles. The molecule has 0 bridgehead atoms. The number of aromatic nitrogens is 3. The van der Waals surface area contributed by atoms with Crippen molar-refractivity contribution in [2.24, 2.45) is 0 Å². The lowest BCUT2D eigenvalue weighted by Crippen LogP contribution is -2.03. The zero-order valence-electron chi connectivity index (χ0n) is 13.2. The number of hydrogen-bond donors (Lipinski definition) is 2. The van der Waals surface area contributed by atoms with Gasteiger partial charge >= 0.3 is 5.97 Å². The van der Waals surface area contributed by atoms with Crippen LogP contribution in [0.1, 0.15) is 10.4 Å². The van der Waals surface area contributed by atoms with E-state index >= 15 is 0 Å². The van der Waals surface area contributed by atoms with E-state index in [1.807, 2.05) is 12.1 Å². The van der Waals surface area contributed by atoms with Crippen molar-refractivity contribution in [1.29, 1.82) is 0 Å². The van der Waals surface area contributed by atoms with E-state index in [-0.39, 0.29) is 5.97 Å². The van der Waals surface area contributed by atoms with E-state index in [9.17, 15) is 4.79 Å². The van der Waals surface area contributed by atoms with Crippen LogP contribution < -0.4 is 10.6 Å². The highest BCUT2D eigenvalue weighted by Crippen LogP contribution is 2.19. The quantitative estimate of drug-likeness (QED) is 0.673. The first-order valence-electron chi connectivity index (χ1n) is 7.32. The molecule has 7 nitrogen and oxygen atoms in total. The molecule has 3 aromatic rings. The predicted molar refractivity (Wildman–Crippen MR) is 95.6 cm³/mol. The molecule has 25 heavy (non-hydrogen) atoms. The maximum atomic E-state index is 11.4. The number of nitrogens with zero attached hydrogens (tertiary/aromatic N) is 3. The van der Waals surface area contributed by atoms with Gasteiger partial charge in [-0.3, -0.25) is 0 Å². The Morgan fingerprint density at radius 1 is 1.08 bits per heavy atom. The van der Waals surface area contributed by atoms with Gasteiger partial charge in [0.25, 0.3) is 0 Å². The summed E-state index contributed by atoms with van der Waals surface area (Å²) in [6.45, 7) is 0. The van der Waals surface area contributed by atoms with Gasteiger partial charge < -0.3 is 15.4 Å². The van der Waals surface area contributed by atoms with E-state index in [0.717, 1.165) is 11.4 Å². The molecule has 0 aliphatic rings. The fourth-order valence-electron chi connectivity index (χ4n) is 2.07. The molecule has 0 spiro atoms. The van der Waals surface area contributed by atoms with Gasteiger partial charge in [0.05, 0.1) is 18.9 Å². The molecule has 0 saturated carbocycles. The van der Waals surface area contributed by atoms with Crippen LogP contribution in [-0.2, 0) is 4.74 Å².